The smallest absolute Gasteiger partial charge is 0.382 e. The van der Waals surface area contributed by atoms with Crippen LogP contribution in [-0.4, -0.2) is 41.7 Å². The molecule has 0 bridgehead atoms. The Morgan fingerprint density at radius 2 is 1.87 bits per heavy atom. The van der Waals surface area contributed by atoms with Crippen LogP contribution >= 0.6 is 0 Å². The predicted molar refractivity (Wildman–Crippen MR) is 106 cm³/mol. The Kier molecular flexibility index (Phi) is 5.21. The van der Waals surface area contributed by atoms with E-state index in [0.29, 0.717) is 29.4 Å². The van der Waals surface area contributed by atoms with Crippen molar-refractivity contribution in [2.24, 2.45) is 0 Å². The molecule has 0 spiro atoms. The van der Waals surface area contributed by atoms with E-state index in [1.807, 2.05) is 0 Å². The number of aromatic nitrogens is 2. The molecule has 0 radical (unpaired) electrons. The van der Waals surface area contributed by atoms with E-state index in [1.165, 1.54) is 24.4 Å². The van der Waals surface area contributed by atoms with Gasteiger partial charge in [-0.25, -0.2) is 13.4 Å². The lowest BCUT2D eigenvalue weighted by molar-refractivity contribution is -0.139. The zero-order valence-corrected chi connectivity index (χ0v) is 16.6. The van der Waals surface area contributed by atoms with Gasteiger partial charge in [-0.3, -0.25) is 0 Å². The van der Waals surface area contributed by atoms with E-state index in [1.54, 1.807) is 18.2 Å². The largest absolute Gasteiger partial charge is 0.406 e. The van der Waals surface area contributed by atoms with Gasteiger partial charge in [-0.05, 0) is 43.2 Å². The summed E-state index contributed by atoms with van der Waals surface area (Å²) >= 11 is 0. The Labute approximate surface area is 170 Å². The van der Waals surface area contributed by atoms with Crippen LogP contribution in [0, 0.1) is 5.95 Å². The van der Waals surface area contributed by atoms with Crippen molar-refractivity contribution in [2.45, 2.75) is 31.6 Å². The number of fused-ring (bicyclic) bond motifs is 1. The van der Waals surface area contributed by atoms with E-state index in [9.17, 15) is 26.0 Å². The fourth-order valence-corrected chi connectivity index (χ4v) is 5.31. The van der Waals surface area contributed by atoms with Crippen LogP contribution in [0.15, 0.2) is 42.6 Å². The zero-order valence-electron chi connectivity index (χ0n) is 15.8. The van der Waals surface area contributed by atoms with Gasteiger partial charge in [-0.15, -0.1) is 0 Å². The van der Waals surface area contributed by atoms with Gasteiger partial charge in [0.15, 0.2) is 0 Å². The number of hydrogen-bond donors (Lipinski definition) is 1. The van der Waals surface area contributed by atoms with Gasteiger partial charge in [0.1, 0.15) is 16.4 Å². The van der Waals surface area contributed by atoms with E-state index in [-0.39, 0.29) is 28.8 Å². The van der Waals surface area contributed by atoms with Gasteiger partial charge in [0.25, 0.3) is 0 Å². The average molecular weight is 441 g/mol. The molecule has 1 fully saturated rings. The first kappa shape index (κ1) is 20.6. The lowest BCUT2D eigenvalue weighted by Gasteiger charge is -2.24. The van der Waals surface area contributed by atoms with Crippen LogP contribution in [0.3, 0.4) is 0 Å². The van der Waals surface area contributed by atoms with Crippen molar-refractivity contribution in [1.82, 2.24) is 9.55 Å². The third kappa shape index (κ3) is 4.28. The zero-order chi connectivity index (χ0) is 21.5. The SMILES string of the molecule is O=S1(=O)CCC(Nc2cccc3c2cc(-c2cccnc2F)n3CC(F)(F)F)CC1. The molecular weight excluding hydrogens is 422 g/mol. The van der Waals surface area contributed by atoms with Gasteiger partial charge in [0.05, 0.1) is 28.3 Å². The van der Waals surface area contributed by atoms with Gasteiger partial charge in [0, 0.05) is 23.3 Å². The minimum atomic E-state index is -4.50. The average Bonchev–Trinajstić information content (AvgIpc) is 3.01. The lowest BCUT2D eigenvalue weighted by atomic mass is 10.1. The first-order valence-corrected chi connectivity index (χ1v) is 11.2. The Morgan fingerprint density at radius 1 is 1.13 bits per heavy atom. The second-order valence-electron chi connectivity index (χ2n) is 7.38. The minimum absolute atomic E-state index is 0.0207. The van der Waals surface area contributed by atoms with E-state index in [2.05, 4.69) is 10.3 Å². The number of nitrogens with zero attached hydrogens (tertiary/aromatic N) is 2. The topological polar surface area (TPSA) is 64.0 Å². The highest BCUT2D eigenvalue weighted by molar-refractivity contribution is 7.91. The fraction of sp³-hybridized carbons (Fsp3) is 0.350. The Balaban J connectivity index is 1.79. The van der Waals surface area contributed by atoms with E-state index < -0.39 is 28.5 Å². The molecule has 0 amide bonds. The molecule has 2 aromatic heterocycles. The van der Waals surface area contributed by atoms with Crippen molar-refractivity contribution in [2.75, 3.05) is 16.8 Å². The number of pyridine rings is 1. The predicted octanol–water partition coefficient (Wildman–Crippen LogP) is 4.39. The Hall–Kier alpha value is -2.62. The van der Waals surface area contributed by atoms with Crippen LogP contribution in [0.5, 0.6) is 0 Å². The van der Waals surface area contributed by atoms with Crippen LogP contribution in [-0.2, 0) is 16.4 Å². The molecule has 10 heteroatoms. The molecule has 0 saturated carbocycles. The fourth-order valence-electron chi connectivity index (χ4n) is 3.81. The molecule has 160 valence electrons. The number of rotatable bonds is 4. The number of anilines is 1. The summed E-state index contributed by atoms with van der Waals surface area (Å²) in [5.74, 6) is -0.709. The molecule has 1 aromatic carbocycles. The molecule has 0 aliphatic carbocycles. The first-order chi connectivity index (χ1) is 14.1. The maximum atomic E-state index is 14.3. The van der Waals surface area contributed by atoms with Gasteiger partial charge in [0.2, 0.25) is 5.95 Å². The number of nitrogens with one attached hydrogen (secondary N) is 1. The van der Waals surface area contributed by atoms with Crippen molar-refractivity contribution in [3.8, 4) is 11.3 Å². The van der Waals surface area contributed by atoms with Gasteiger partial charge in [-0.1, -0.05) is 6.07 Å². The van der Waals surface area contributed by atoms with E-state index in [4.69, 9.17) is 0 Å². The third-order valence-corrected chi connectivity index (χ3v) is 6.95. The quantitative estimate of drug-likeness (QED) is 0.482. The summed E-state index contributed by atoms with van der Waals surface area (Å²) in [6.07, 6.45) is -2.42. The van der Waals surface area contributed by atoms with Crippen molar-refractivity contribution in [3.05, 3.63) is 48.5 Å². The monoisotopic (exact) mass is 441 g/mol. The van der Waals surface area contributed by atoms with Gasteiger partial charge < -0.3 is 9.88 Å². The van der Waals surface area contributed by atoms with Crippen LogP contribution in [0.2, 0.25) is 0 Å². The molecule has 1 N–H and O–H groups in total. The van der Waals surface area contributed by atoms with E-state index >= 15 is 0 Å². The van der Waals surface area contributed by atoms with E-state index in [0.717, 1.165) is 4.57 Å². The van der Waals surface area contributed by atoms with Crippen molar-refractivity contribution in [3.63, 3.8) is 0 Å². The number of sulfone groups is 1. The summed E-state index contributed by atoms with van der Waals surface area (Å²) in [6.45, 7) is -1.27. The molecule has 0 atom stereocenters. The number of halogens is 4. The first-order valence-electron chi connectivity index (χ1n) is 9.40. The summed E-state index contributed by atoms with van der Waals surface area (Å²) in [5.41, 5.74) is 0.948. The summed E-state index contributed by atoms with van der Waals surface area (Å²) in [7, 11) is -3.03. The Bertz CT molecular complexity index is 1170. The molecule has 30 heavy (non-hydrogen) atoms. The Morgan fingerprint density at radius 3 is 2.53 bits per heavy atom. The molecular formula is C20H19F4N3O2S. The second kappa shape index (κ2) is 7.57. The van der Waals surface area contributed by atoms with Crippen LogP contribution in [0.4, 0.5) is 23.2 Å². The summed E-state index contributed by atoms with van der Waals surface area (Å²) in [6, 6.07) is 9.17. The molecule has 1 aliphatic heterocycles. The minimum Gasteiger partial charge on any atom is -0.382 e. The van der Waals surface area contributed by atoms with Crippen molar-refractivity contribution < 1.29 is 26.0 Å². The van der Waals surface area contributed by atoms with Crippen LogP contribution < -0.4 is 5.32 Å². The molecule has 0 unspecified atom stereocenters. The highest BCUT2D eigenvalue weighted by Gasteiger charge is 2.31. The molecule has 4 rings (SSSR count). The normalized spacial score (nSPS) is 17.3. The highest BCUT2D eigenvalue weighted by Crippen LogP contribution is 2.36. The van der Waals surface area contributed by atoms with Crippen LogP contribution in [0.25, 0.3) is 22.2 Å². The molecule has 3 heterocycles. The molecule has 1 saturated heterocycles. The van der Waals surface area contributed by atoms with Crippen molar-refractivity contribution in [1.29, 1.82) is 0 Å². The summed E-state index contributed by atoms with van der Waals surface area (Å²) in [4.78, 5) is 3.56. The summed E-state index contributed by atoms with van der Waals surface area (Å²) in [5, 5.41) is 3.77. The molecule has 1 aliphatic rings. The standard InChI is InChI=1S/C20H19F4N3O2S/c21-19-14(3-2-8-25-19)18-11-15-16(26-13-6-9-30(28,29)10-7-13)4-1-5-17(15)27(18)12-20(22,23)24/h1-5,8,11,13,26H,6-7,9-10,12H2. The van der Waals surface area contributed by atoms with Crippen molar-refractivity contribution >= 4 is 26.4 Å². The lowest BCUT2D eigenvalue weighted by Crippen LogP contribution is -2.32. The third-order valence-electron chi connectivity index (χ3n) is 5.23. The number of alkyl halides is 3. The number of benzene rings is 1. The van der Waals surface area contributed by atoms with Crippen LogP contribution in [0.1, 0.15) is 12.8 Å². The second-order valence-corrected chi connectivity index (χ2v) is 9.69. The number of hydrogen-bond acceptors (Lipinski definition) is 4. The maximum absolute atomic E-state index is 14.3. The maximum Gasteiger partial charge on any atom is 0.406 e. The summed E-state index contributed by atoms with van der Waals surface area (Å²) < 4.78 is 78.5. The van der Waals surface area contributed by atoms with Gasteiger partial charge >= 0.3 is 6.18 Å². The highest BCUT2D eigenvalue weighted by atomic mass is 32.2. The molecule has 3 aromatic rings. The molecule has 5 nitrogen and oxygen atoms in total. The van der Waals surface area contributed by atoms with Gasteiger partial charge in [-0.2, -0.15) is 17.6 Å².